The summed E-state index contributed by atoms with van der Waals surface area (Å²) in [7, 11) is 0. The molecule has 1 N–H and O–H groups in total. The van der Waals surface area contributed by atoms with Crippen LogP contribution in [0.3, 0.4) is 0 Å². The third kappa shape index (κ3) is 3.46. The number of hydrogen-bond acceptors (Lipinski definition) is 2. The van der Waals surface area contributed by atoms with Crippen LogP contribution in [0.4, 0.5) is 13.2 Å². The molecule has 0 aliphatic heterocycles. The highest BCUT2D eigenvalue weighted by Crippen LogP contribution is 2.25. The molecule has 0 heterocycles. The van der Waals surface area contributed by atoms with E-state index < -0.39 is 12.8 Å². The zero-order chi connectivity index (χ0) is 13.2. The first kappa shape index (κ1) is 13.4. The average Bonchev–Trinajstić information content (AvgIpc) is 2.73. The van der Waals surface area contributed by atoms with Gasteiger partial charge in [-0.1, -0.05) is 18.2 Å². The summed E-state index contributed by atoms with van der Waals surface area (Å²) < 4.78 is 35.8. The molecule has 0 aromatic heterocycles. The fourth-order valence-corrected chi connectivity index (χ4v) is 2.18. The van der Waals surface area contributed by atoms with E-state index in [9.17, 15) is 13.2 Å². The van der Waals surface area contributed by atoms with Crippen molar-refractivity contribution in [3.05, 3.63) is 34.9 Å². The van der Waals surface area contributed by atoms with Crippen molar-refractivity contribution < 1.29 is 18.0 Å². The first-order chi connectivity index (χ1) is 8.46. The molecule has 0 saturated carbocycles. The number of aryl methyl sites for hydroxylation is 2. The Hall–Kier alpha value is -1.07. The van der Waals surface area contributed by atoms with Crippen molar-refractivity contribution in [1.82, 2.24) is 5.48 Å². The Kier molecular flexibility index (Phi) is 3.92. The van der Waals surface area contributed by atoms with Crippen molar-refractivity contribution in [3.8, 4) is 0 Å². The Bertz CT molecular complexity index is 417. The van der Waals surface area contributed by atoms with Gasteiger partial charge in [-0.05, 0) is 42.9 Å². The highest BCUT2D eigenvalue weighted by atomic mass is 19.4. The van der Waals surface area contributed by atoms with Crippen LogP contribution in [0.15, 0.2) is 18.2 Å². The Balaban J connectivity index is 1.91. The third-order valence-corrected chi connectivity index (χ3v) is 3.12. The number of benzene rings is 1. The third-order valence-electron chi connectivity index (χ3n) is 3.12. The lowest BCUT2D eigenvalue weighted by Gasteiger charge is -2.16. The van der Waals surface area contributed by atoms with Gasteiger partial charge in [0, 0.05) is 0 Å². The number of nitrogens with one attached hydrogen (secondary N) is 1. The Morgan fingerprint density at radius 3 is 2.72 bits per heavy atom. The average molecular weight is 259 g/mol. The van der Waals surface area contributed by atoms with Crippen LogP contribution in [-0.4, -0.2) is 12.8 Å². The second-order valence-electron chi connectivity index (χ2n) is 4.63. The predicted molar refractivity (Wildman–Crippen MR) is 62.0 cm³/mol. The van der Waals surface area contributed by atoms with Crippen molar-refractivity contribution in [2.45, 2.75) is 38.4 Å². The smallest absolute Gasteiger partial charge is 0.292 e. The molecule has 1 aromatic carbocycles. The van der Waals surface area contributed by atoms with E-state index in [0.717, 1.165) is 24.8 Å². The zero-order valence-corrected chi connectivity index (χ0v) is 10.2. The number of fused-ring (bicyclic) bond motifs is 1. The molecule has 1 aromatic rings. The summed E-state index contributed by atoms with van der Waals surface area (Å²) in [6.45, 7) is 0.509. The molecule has 0 fully saturated rings. The highest BCUT2D eigenvalue weighted by molar-refractivity contribution is 5.36. The normalized spacial score (nSPS) is 16.7. The minimum absolute atomic E-state index is 0.252. The van der Waals surface area contributed by atoms with Gasteiger partial charge in [-0.25, -0.2) is 0 Å². The van der Waals surface area contributed by atoms with Gasteiger partial charge in [-0.15, -0.1) is 0 Å². The first-order valence-electron chi connectivity index (χ1n) is 6.01. The van der Waals surface area contributed by atoms with E-state index in [0.29, 0.717) is 0 Å². The highest BCUT2D eigenvalue weighted by Gasteiger charge is 2.28. The van der Waals surface area contributed by atoms with Crippen LogP contribution in [0.5, 0.6) is 0 Å². The largest absolute Gasteiger partial charge is 0.413 e. The number of alkyl halides is 3. The summed E-state index contributed by atoms with van der Waals surface area (Å²) in [6.07, 6.45) is -0.989. The van der Waals surface area contributed by atoms with E-state index in [-0.39, 0.29) is 6.04 Å². The Morgan fingerprint density at radius 2 is 2.00 bits per heavy atom. The summed E-state index contributed by atoms with van der Waals surface area (Å²) in [6, 6.07) is 5.80. The molecular formula is C13H16F3NO. The fraction of sp³-hybridized carbons (Fsp3) is 0.538. The standard InChI is InChI=1S/C13H16F3NO/c1-9(17-18-8-13(14,15)16)11-6-5-10-3-2-4-12(10)7-11/h5-7,9,17H,2-4,8H2,1H3. The quantitative estimate of drug-likeness (QED) is 0.837. The van der Waals surface area contributed by atoms with E-state index in [2.05, 4.69) is 22.5 Å². The van der Waals surface area contributed by atoms with Gasteiger partial charge in [-0.2, -0.15) is 18.7 Å². The van der Waals surface area contributed by atoms with Gasteiger partial charge in [0.25, 0.3) is 0 Å². The monoisotopic (exact) mass is 259 g/mol. The zero-order valence-electron chi connectivity index (χ0n) is 10.2. The van der Waals surface area contributed by atoms with Gasteiger partial charge >= 0.3 is 6.18 Å². The Labute approximate surface area is 104 Å². The molecule has 0 amide bonds. The molecule has 0 radical (unpaired) electrons. The molecule has 5 heteroatoms. The van der Waals surface area contributed by atoms with Crippen molar-refractivity contribution >= 4 is 0 Å². The lowest BCUT2D eigenvalue weighted by Crippen LogP contribution is -2.26. The molecule has 0 spiro atoms. The van der Waals surface area contributed by atoms with Crippen LogP contribution in [0.2, 0.25) is 0 Å². The maximum atomic E-state index is 11.9. The number of rotatable bonds is 4. The van der Waals surface area contributed by atoms with Crippen LogP contribution in [0.25, 0.3) is 0 Å². The van der Waals surface area contributed by atoms with Crippen molar-refractivity contribution in [3.63, 3.8) is 0 Å². The Morgan fingerprint density at radius 1 is 1.28 bits per heavy atom. The van der Waals surface area contributed by atoms with Crippen LogP contribution >= 0.6 is 0 Å². The SMILES string of the molecule is CC(NOCC(F)(F)F)c1ccc2c(c1)CCC2. The molecule has 1 unspecified atom stereocenters. The first-order valence-corrected chi connectivity index (χ1v) is 6.01. The van der Waals surface area contributed by atoms with Crippen LogP contribution in [0.1, 0.15) is 36.1 Å². The van der Waals surface area contributed by atoms with Crippen LogP contribution in [-0.2, 0) is 17.7 Å². The number of hydroxylamine groups is 1. The maximum absolute atomic E-state index is 11.9. The van der Waals surface area contributed by atoms with Gasteiger partial charge in [0.1, 0.15) is 0 Å². The number of halogens is 3. The molecule has 18 heavy (non-hydrogen) atoms. The second kappa shape index (κ2) is 5.28. The molecule has 0 bridgehead atoms. The van der Waals surface area contributed by atoms with E-state index in [1.54, 1.807) is 6.92 Å². The molecule has 2 nitrogen and oxygen atoms in total. The van der Waals surface area contributed by atoms with E-state index >= 15 is 0 Å². The molecule has 1 aliphatic carbocycles. The summed E-state index contributed by atoms with van der Waals surface area (Å²) in [5, 5.41) is 0. The summed E-state index contributed by atoms with van der Waals surface area (Å²) in [5.41, 5.74) is 6.03. The van der Waals surface area contributed by atoms with Gasteiger partial charge < -0.3 is 0 Å². The molecule has 2 rings (SSSR count). The van der Waals surface area contributed by atoms with Gasteiger partial charge in [0.15, 0.2) is 6.61 Å². The van der Waals surface area contributed by atoms with Crippen LogP contribution in [0, 0.1) is 0 Å². The van der Waals surface area contributed by atoms with Gasteiger partial charge in [0.05, 0.1) is 6.04 Å². The van der Waals surface area contributed by atoms with Gasteiger partial charge in [-0.3, -0.25) is 4.84 Å². The lowest BCUT2D eigenvalue weighted by atomic mass is 10.0. The summed E-state index contributed by atoms with van der Waals surface area (Å²) in [5.74, 6) is 0. The molecular weight excluding hydrogens is 243 g/mol. The maximum Gasteiger partial charge on any atom is 0.413 e. The van der Waals surface area contributed by atoms with Crippen LogP contribution < -0.4 is 5.48 Å². The predicted octanol–water partition coefficient (Wildman–Crippen LogP) is 3.32. The van der Waals surface area contributed by atoms with Crippen molar-refractivity contribution in [2.75, 3.05) is 6.61 Å². The minimum atomic E-state index is -4.30. The molecule has 1 atom stereocenters. The summed E-state index contributed by atoms with van der Waals surface area (Å²) >= 11 is 0. The molecule has 0 saturated heterocycles. The second-order valence-corrected chi connectivity index (χ2v) is 4.63. The van der Waals surface area contributed by atoms with E-state index in [1.807, 2.05) is 6.07 Å². The van der Waals surface area contributed by atoms with Crippen molar-refractivity contribution in [2.24, 2.45) is 0 Å². The summed E-state index contributed by atoms with van der Waals surface area (Å²) in [4.78, 5) is 4.46. The van der Waals surface area contributed by atoms with Gasteiger partial charge in [0.2, 0.25) is 0 Å². The van der Waals surface area contributed by atoms with E-state index in [4.69, 9.17) is 0 Å². The lowest BCUT2D eigenvalue weighted by molar-refractivity contribution is -0.192. The fourth-order valence-electron chi connectivity index (χ4n) is 2.18. The topological polar surface area (TPSA) is 21.3 Å². The molecule has 100 valence electrons. The van der Waals surface area contributed by atoms with Crippen molar-refractivity contribution in [1.29, 1.82) is 0 Å². The van der Waals surface area contributed by atoms with E-state index in [1.165, 1.54) is 11.1 Å². The number of hydrogen-bond donors (Lipinski definition) is 1. The minimum Gasteiger partial charge on any atom is -0.292 e. The molecule has 1 aliphatic rings.